The number of alkyl halides is 4. The number of hydrogen-bond donors (Lipinski definition) is 2. The topological polar surface area (TPSA) is 137 Å². The summed E-state index contributed by atoms with van der Waals surface area (Å²) in [6.07, 6.45) is 9.24. The standard InChI is InChI=1S/C15H15F2N7O4.C7H12F2.C3H6/c1-8-13(23-28-22-8)14(26)19-5-10-6-24-11(21-10)2-9(4-20-24)3-18-12(25)7-27-15(16)17;1-6-2-4-7(8,9)5-3-6;1-2-3-1/h2,4,6,15H,3,5,7H2,1H3,(H,18,25)(H,19,26);6H,2-5H2,1H3;1-3H2. The van der Waals surface area contributed by atoms with Gasteiger partial charge in [0.2, 0.25) is 11.8 Å². The largest absolute Gasteiger partial charge is 0.350 e. The zero-order chi connectivity index (χ0) is 29.1. The number of fused-ring (bicyclic) bond motifs is 1. The molecule has 0 bridgehead atoms. The number of amides is 2. The number of rotatable bonds is 8. The second kappa shape index (κ2) is 14.7. The second-order valence-corrected chi connectivity index (χ2v) is 9.73. The Balaban J connectivity index is 0.000000301. The lowest BCUT2D eigenvalue weighted by atomic mass is 9.88. The molecule has 2 saturated carbocycles. The first kappa shape index (κ1) is 30.9. The van der Waals surface area contributed by atoms with Gasteiger partial charge in [-0.15, -0.1) is 0 Å². The average molecular weight is 572 g/mol. The molecule has 3 aromatic heterocycles. The molecule has 0 atom stereocenters. The van der Waals surface area contributed by atoms with E-state index in [0.717, 1.165) is 0 Å². The third kappa shape index (κ3) is 10.9. The Bertz CT molecular complexity index is 1240. The van der Waals surface area contributed by atoms with Gasteiger partial charge in [-0.05, 0) is 42.5 Å². The Morgan fingerprint density at radius 3 is 2.42 bits per heavy atom. The minimum absolute atomic E-state index is 0.0757. The molecule has 2 aliphatic carbocycles. The van der Waals surface area contributed by atoms with Gasteiger partial charge in [0.15, 0.2) is 11.3 Å². The molecule has 0 saturated heterocycles. The summed E-state index contributed by atoms with van der Waals surface area (Å²) in [6, 6.07) is 1.66. The van der Waals surface area contributed by atoms with Crippen molar-refractivity contribution in [1.29, 1.82) is 0 Å². The number of imidazole rings is 1. The lowest BCUT2D eigenvalue weighted by Gasteiger charge is -2.25. The molecule has 2 N–H and O–H groups in total. The maximum absolute atomic E-state index is 12.4. The molecule has 2 fully saturated rings. The number of halogens is 4. The molecule has 0 unspecified atom stereocenters. The molecule has 11 nitrogen and oxygen atoms in total. The molecule has 0 spiro atoms. The second-order valence-electron chi connectivity index (χ2n) is 9.73. The van der Waals surface area contributed by atoms with Crippen molar-refractivity contribution in [2.45, 2.75) is 84.4 Å². The van der Waals surface area contributed by atoms with E-state index in [4.69, 9.17) is 0 Å². The Labute approximate surface area is 228 Å². The van der Waals surface area contributed by atoms with Crippen LogP contribution in [0.25, 0.3) is 5.65 Å². The van der Waals surface area contributed by atoms with Crippen LogP contribution in [0.2, 0.25) is 0 Å². The van der Waals surface area contributed by atoms with Crippen molar-refractivity contribution in [3.63, 3.8) is 0 Å². The number of aryl methyl sites for hydroxylation is 1. The molecular weight excluding hydrogens is 538 g/mol. The maximum atomic E-state index is 12.4. The summed E-state index contributed by atoms with van der Waals surface area (Å²) in [5.74, 6) is -2.95. The minimum atomic E-state index is -3.00. The summed E-state index contributed by atoms with van der Waals surface area (Å²) in [5.41, 5.74) is 2.11. The first-order chi connectivity index (χ1) is 19.0. The predicted molar refractivity (Wildman–Crippen MR) is 133 cm³/mol. The lowest BCUT2D eigenvalue weighted by molar-refractivity contribution is -0.151. The Morgan fingerprint density at radius 2 is 1.85 bits per heavy atom. The molecule has 0 aromatic carbocycles. The van der Waals surface area contributed by atoms with E-state index < -0.39 is 31.0 Å². The SMILES string of the molecule is C1CC1.CC1CCC(F)(F)CC1.Cc1nonc1C(=O)NCc1cn2ncc(CNC(=O)COC(F)F)cc2n1. The molecule has 0 radical (unpaired) electrons. The third-order valence-corrected chi connectivity index (χ3v) is 5.91. The molecule has 5 rings (SSSR count). The fraction of sp³-hybridized carbons (Fsp3) is 0.600. The van der Waals surface area contributed by atoms with Crippen molar-refractivity contribution in [2.75, 3.05) is 6.61 Å². The van der Waals surface area contributed by atoms with Crippen LogP contribution in [-0.2, 0) is 22.6 Å². The van der Waals surface area contributed by atoms with Crippen LogP contribution in [0.15, 0.2) is 23.1 Å². The van der Waals surface area contributed by atoms with Crippen LogP contribution in [0.4, 0.5) is 17.6 Å². The summed E-state index contributed by atoms with van der Waals surface area (Å²) in [5, 5.41) is 16.3. The molecule has 2 aliphatic rings. The van der Waals surface area contributed by atoms with Crippen molar-refractivity contribution in [3.8, 4) is 0 Å². The quantitative estimate of drug-likeness (QED) is 0.384. The molecule has 3 heterocycles. The third-order valence-electron chi connectivity index (χ3n) is 5.91. The molecule has 220 valence electrons. The highest BCUT2D eigenvalue weighted by molar-refractivity contribution is 5.92. The molecule has 3 aromatic rings. The minimum Gasteiger partial charge on any atom is -0.350 e. The van der Waals surface area contributed by atoms with E-state index in [1.807, 2.05) is 6.92 Å². The van der Waals surface area contributed by atoms with Gasteiger partial charge in [0.25, 0.3) is 5.91 Å². The summed E-state index contributed by atoms with van der Waals surface area (Å²) in [7, 11) is 0. The Morgan fingerprint density at radius 1 is 1.15 bits per heavy atom. The van der Waals surface area contributed by atoms with E-state index >= 15 is 0 Å². The van der Waals surface area contributed by atoms with Crippen molar-refractivity contribution < 1.29 is 36.5 Å². The van der Waals surface area contributed by atoms with Crippen LogP contribution in [0.5, 0.6) is 0 Å². The van der Waals surface area contributed by atoms with E-state index in [2.05, 4.69) is 40.4 Å². The van der Waals surface area contributed by atoms with Crippen molar-refractivity contribution in [3.05, 3.63) is 41.1 Å². The number of ether oxygens (including phenoxy) is 1. The van der Waals surface area contributed by atoms with Gasteiger partial charge in [0.05, 0.1) is 24.6 Å². The van der Waals surface area contributed by atoms with Gasteiger partial charge in [-0.3, -0.25) is 9.59 Å². The van der Waals surface area contributed by atoms with Crippen molar-refractivity contribution >= 4 is 17.5 Å². The lowest BCUT2D eigenvalue weighted by Crippen LogP contribution is -2.28. The first-order valence-corrected chi connectivity index (χ1v) is 13.0. The number of nitrogens with zero attached hydrogens (tertiary/aromatic N) is 5. The summed E-state index contributed by atoms with van der Waals surface area (Å²) < 4.78 is 58.4. The number of aromatic nitrogens is 5. The highest BCUT2D eigenvalue weighted by Crippen LogP contribution is 2.35. The van der Waals surface area contributed by atoms with E-state index in [1.165, 1.54) is 30.0 Å². The van der Waals surface area contributed by atoms with Crippen LogP contribution < -0.4 is 10.6 Å². The summed E-state index contributed by atoms with van der Waals surface area (Å²) >= 11 is 0. The van der Waals surface area contributed by atoms with E-state index in [0.29, 0.717) is 41.4 Å². The number of hydrogen-bond acceptors (Lipinski definition) is 8. The van der Waals surface area contributed by atoms with Gasteiger partial charge in [0.1, 0.15) is 12.3 Å². The zero-order valence-corrected chi connectivity index (χ0v) is 22.3. The highest BCUT2D eigenvalue weighted by atomic mass is 19.3. The van der Waals surface area contributed by atoms with Crippen molar-refractivity contribution in [2.24, 2.45) is 5.92 Å². The van der Waals surface area contributed by atoms with E-state index in [-0.39, 0.29) is 31.6 Å². The van der Waals surface area contributed by atoms with Gasteiger partial charge < -0.3 is 15.4 Å². The molecule has 2 amide bonds. The van der Waals surface area contributed by atoms with Gasteiger partial charge in [-0.2, -0.15) is 13.9 Å². The maximum Gasteiger partial charge on any atom is 0.345 e. The van der Waals surface area contributed by atoms with Crippen LogP contribution >= 0.6 is 0 Å². The molecular formula is C25H33F4N7O4. The van der Waals surface area contributed by atoms with Gasteiger partial charge in [-0.1, -0.05) is 31.3 Å². The molecule has 15 heteroatoms. The van der Waals surface area contributed by atoms with Gasteiger partial charge >= 0.3 is 6.61 Å². The first-order valence-electron chi connectivity index (χ1n) is 13.0. The zero-order valence-electron chi connectivity index (χ0n) is 22.3. The number of nitrogens with one attached hydrogen (secondary N) is 2. The highest BCUT2D eigenvalue weighted by Gasteiger charge is 2.33. The fourth-order valence-electron chi connectivity index (χ4n) is 3.41. The van der Waals surface area contributed by atoms with Gasteiger partial charge in [-0.25, -0.2) is 22.9 Å². The van der Waals surface area contributed by atoms with Gasteiger partial charge in [0, 0.05) is 19.4 Å². The molecule has 40 heavy (non-hydrogen) atoms. The average Bonchev–Trinajstić information content (AvgIpc) is 3.65. The summed E-state index contributed by atoms with van der Waals surface area (Å²) in [4.78, 5) is 27.7. The van der Waals surface area contributed by atoms with E-state index in [9.17, 15) is 27.2 Å². The summed E-state index contributed by atoms with van der Waals surface area (Å²) in [6.45, 7) is 0.103. The Kier molecular flexibility index (Phi) is 11.3. The van der Waals surface area contributed by atoms with E-state index in [1.54, 1.807) is 19.2 Å². The molecule has 0 aliphatic heterocycles. The number of carbonyl (C=O) groups is 2. The van der Waals surface area contributed by atoms with Crippen LogP contribution in [0.1, 0.15) is 79.3 Å². The number of carbonyl (C=O) groups excluding carboxylic acids is 2. The monoisotopic (exact) mass is 571 g/mol. The van der Waals surface area contributed by atoms with Crippen molar-refractivity contribution in [1.82, 2.24) is 35.5 Å². The normalized spacial score (nSPS) is 16.0. The van der Waals surface area contributed by atoms with Crippen LogP contribution in [0.3, 0.4) is 0 Å². The fourth-order valence-corrected chi connectivity index (χ4v) is 3.41. The predicted octanol–water partition coefficient (Wildman–Crippen LogP) is 4.21. The Hall–Kier alpha value is -3.62. The van der Waals surface area contributed by atoms with Crippen LogP contribution in [0, 0.1) is 12.8 Å². The van der Waals surface area contributed by atoms with Crippen LogP contribution in [-0.4, -0.2) is 55.9 Å². The smallest absolute Gasteiger partial charge is 0.345 e.